The van der Waals surface area contributed by atoms with Crippen LogP contribution >= 0.6 is 0 Å². The van der Waals surface area contributed by atoms with Crippen LogP contribution < -0.4 is 11.1 Å². The predicted octanol–water partition coefficient (Wildman–Crippen LogP) is 0.630. The summed E-state index contributed by atoms with van der Waals surface area (Å²) in [5, 5.41) is 11.3. The molecule has 0 heterocycles. The molecule has 3 nitrogen and oxygen atoms in total. The van der Waals surface area contributed by atoms with Crippen molar-refractivity contribution >= 4 is 0 Å². The molecule has 0 aromatic rings. The Morgan fingerprint density at radius 3 is 2.75 bits per heavy atom. The highest BCUT2D eigenvalue weighted by molar-refractivity contribution is 5.01. The monoisotopic (exact) mass is 174 g/mol. The Morgan fingerprint density at radius 2 is 2.33 bits per heavy atom. The number of hydrogen-bond acceptors (Lipinski definition) is 3. The fourth-order valence-corrected chi connectivity index (χ4v) is 0.677. The number of allylic oxidation sites excluding steroid dienone is 1. The van der Waals surface area contributed by atoms with Crippen molar-refractivity contribution in [2.24, 2.45) is 5.73 Å². The van der Waals surface area contributed by atoms with E-state index in [1.807, 2.05) is 0 Å². The second-order valence-corrected chi connectivity index (χ2v) is 2.59. The zero-order valence-corrected chi connectivity index (χ0v) is 7.34. The summed E-state index contributed by atoms with van der Waals surface area (Å²) >= 11 is 0. The molecule has 0 fully saturated rings. The first kappa shape index (κ1) is 11.0. The normalized spacial score (nSPS) is 16.0. The van der Waals surface area contributed by atoms with Gasteiger partial charge >= 0.3 is 0 Å². The van der Waals surface area contributed by atoms with Crippen LogP contribution in [0.25, 0.3) is 0 Å². The third kappa shape index (κ3) is 5.73. The molecule has 0 saturated heterocycles. The van der Waals surface area contributed by atoms with Crippen LogP contribution in [-0.4, -0.2) is 17.8 Å². The van der Waals surface area contributed by atoms with Gasteiger partial charge in [-0.1, -0.05) is 0 Å². The highest BCUT2D eigenvalue weighted by Crippen LogP contribution is 1.96. The zero-order chi connectivity index (χ0) is 9.56. The Labute approximate surface area is 71.8 Å². The van der Waals surface area contributed by atoms with Gasteiger partial charge in [0.2, 0.25) is 0 Å². The van der Waals surface area contributed by atoms with E-state index in [2.05, 4.69) is 5.32 Å². The standard InChI is InChI=1S/C8H15FN2O/c1-6(9)3-7(2)11-4-8(10)5-12/h3-4,7,11-12H,5,10H2,1-2H3/b6-3+,8-4-. The lowest BCUT2D eigenvalue weighted by Crippen LogP contribution is -2.20. The molecule has 4 heteroatoms. The fraction of sp³-hybridized carbons (Fsp3) is 0.500. The second-order valence-electron chi connectivity index (χ2n) is 2.59. The Bertz CT molecular complexity index is 185. The van der Waals surface area contributed by atoms with Gasteiger partial charge in [0.1, 0.15) is 0 Å². The van der Waals surface area contributed by atoms with E-state index in [0.29, 0.717) is 5.70 Å². The number of hydrogen-bond donors (Lipinski definition) is 3. The molecule has 0 saturated carbocycles. The number of aliphatic hydroxyl groups excluding tert-OH is 1. The lowest BCUT2D eigenvalue weighted by Gasteiger charge is -2.06. The van der Waals surface area contributed by atoms with Crippen LogP contribution in [0.15, 0.2) is 23.8 Å². The van der Waals surface area contributed by atoms with Crippen LogP contribution in [0.1, 0.15) is 13.8 Å². The molecule has 0 aromatic carbocycles. The molecule has 0 aromatic heterocycles. The smallest absolute Gasteiger partial charge is 0.0949 e. The van der Waals surface area contributed by atoms with E-state index < -0.39 is 0 Å². The molecule has 0 aliphatic heterocycles. The summed E-state index contributed by atoms with van der Waals surface area (Å²) in [6, 6.07) is -0.125. The van der Waals surface area contributed by atoms with Gasteiger partial charge < -0.3 is 16.2 Å². The number of rotatable bonds is 4. The van der Waals surface area contributed by atoms with E-state index in [9.17, 15) is 4.39 Å². The molecule has 0 amide bonds. The molecule has 1 atom stereocenters. The van der Waals surface area contributed by atoms with E-state index in [1.54, 1.807) is 6.92 Å². The quantitative estimate of drug-likeness (QED) is 0.586. The SMILES string of the molecule is C/C(F)=C\C(C)N/C=C(\N)CO. The van der Waals surface area contributed by atoms with Crippen molar-refractivity contribution in [2.45, 2.75) is 19.9 Å². The van der Waals surface area contributed by atoms with Crippen molar-refractivity contribution in [3.63, 3.8) is 0 Å². The molecular formula is C8H15FN2O. The van der Waals surface area contributed by atoms with Crippen LogP contribution in [0, 0.1) is 0 Å². The highest BCUT2D eigenvalue weighted by atomic mass is 19.1. The maximum atomic E-state index is 12.3. The van der Waals surface area contributed by atoms with Gasteiger partial charge in [-0.25, -0.2) is 4.39 Å². The highest BCUT2D eigenvalue weighted by Gasteiger charge is 1.94. The van der Waals surface area contributed by atoms with E-state index in [-0.39, 0.29) is 18.5 Å². The van der Waals surface area contributed by atoms with Gasteiger partial charge in [0.15, 0.2) is 0 Å². The van der Waals surface area contributed by atoms with Crippen molar-refractivity contribution in [1.82, 2.24) is 5.32 Å². The molecule has 0 aliphatic carbocycles. The second kappa shape index (κ2) is 5.60. The number of aliphatic hydroxyl groups is 1. The van der Waals surface area contributed by atoms with Crippen LogP contribution in [0.4, 0.5) is 4.39 Å². The molecular weight excluding hydrogens is 159 g/mol. The summed E-state index contributed by atoms with van der Waals surface area (Å²) in [7, 11) is 0. The third-order valence-electron chi connectivity index (χ3n) is 1.19. The van der Waals surface area contributed by atoms with Gasteiger partial charge in [0.05, 0.1) is 12.4 Å². The molecule has 0 aliphatic rings. The van der Waals surface area contributed by atoms with Crippen LogP contribution in [0.5, 0.6) is 0 Å². The molecule has 0 radical (unpaired) electrons. The third-order valence-corrected chi connectivity index (χ3v) is 1.19. The van der Waals surface area contributed by atoms with E-state index in [1.165, 1.54) is 19.2 Å². The molecule has 4 N–H and O–H groups in total. The van der Waals surface area contributed by atoms with E-state index >= 15 is 0 Å². The lowest BCUT2D eigenvalue weighted by atomic mass is 10.3. The van der Waals surface area contributed by atoms with Crippen molar-refractivity contribution in [1.29, 1.82) is 0 Å². The Hall–Kier alpha value is -1.03. The first-order valence-electron chi connectivity index (χ1n) is 3.71. The zero-order valence-electron chi connectivity index (χ0n) is 7.34. The molecule has 0 rings (SSSR count). The largest absolute Gasteiger partial charge is 0.399 e. The minimum Gasteiger partial charge on any atom is -0.399 e. The van der Waals surface area contributed by atoms with Crippen LogP contribution in [0.2, 0.25) is 0 Å². The number of halogens is 1. The van der Waals surface area contributed by atoms with Crippen molar-refractivity contribution < 1.29 is 9.50 Å². The van der Waals surface area contributed by atoms with Crippen molar-refractivity contribution in [2.75, 3.05) is 6.61 Å². The average molecular weight is 174 g/mol. The van der Waals surface area contributed by atoms with Gasteiger partial charge in [-0.2, -0.15) is 0 Å². The van der Waals surface area contributed by atoms with Crippen LogP contribution in [0.3, 0.4) is 0 Å². The summed E-state index contributed by atoms with van der Waals surface area (Å²) in [6.07, 6.45) is 2.88. The first-order valence-corrected chi connectivity index (χ1v) is 3.71. The topological polar surface area (TPSA) is 58.3 Å². The fourth-order valence-electron chi connectivity index (χ4n) is 0.677. The van der Waals surface area contributed by atoms with E-state index in [0.717, 1.165) is 0 Å². The molecule has 1 unspecified atom stereocenters. The van der Waals surface area contributed by atoms with Gasteiger partial charge in [-0.15, -0.1) is 0 Å². The lowest BCUT2D eigenvalue weighted by molar-refractivity contribution is 0.328. The average Bonchev–Trinajstić information content (AvgIpc) is 1.99. The van der Waals surface area contributed by atoms with Gasteiger partial charge in [0.25, 0.3) is 0 Å². The molecule has 70 valence electrons. The first-order chi connectivity index (χ1) is 5.56. The van der Waals surface area contributed by atoms with Gasteiger partial charge in [-0.05, 0) is 19.9 Å². The Morgan fingerprint density at radius 1 is 1.75 bits per heavy atom. The molecule has 0 bridgehead atoms. The van der Waals surface area contributed by atoms with Gasteiger partial charge in [0, 0.05) is 17.9 Å². The molecule has 0 spiro atoms. The minimum atomic E-state index is -0.244. The van der Waals surface area contributed by atoms with Crippen molar-refractivity contribution in [3.05, 3.63) is 23.8 Å². The Balaban J connectivity index is 3.86. The van der Waals surface area contributed by atoms with Gasteiger partial charge in [-0.3, -0.25) is 0 Å². The summed E-state index contributed by atoms with van der Waals surface area (Å²) in [5.41, 5.74) is 5.61. The summed E-state index contributed by atoms with van der Waals surface area (Å²) in [6.45, 7) is 2.96. The maximum Gasteiger partial charge on any atom is 0.0949 e. The van der Waals surface area contributed by atoms with Crippen LogP contribution in [-0.2, 0) is 0 Å². The Kier molecular flexibility index (Phi) is 5.12. The van der Waals surface area contributed by atoms with Crippen molar-refractivity contribution in [3.8, 4) is 0 Å². The summed E-state index contributed by atoms with van der Waals surface area (Å²) in [5.74, 6) is -0.244. The maximum absolute atomic E-state index is 12.3. The number of nitrogens with two attached hydrogens (primary N) is 1. The van der Waals surface area contributed by atoms with E-state index in [4.69, 9.17) is 10.8 Å². The molecule has 12 heavy (non-hydrogen) atoms. The summed E-state index contributed by atoms with van der Waals surface area (Å²) < 4.78 is 12.3. The minimum absolute atomic E-state index is 0.125. The number of nitrogens with one attached hydrogen (secondary N) is 1. The summed E-state index contributed by atoms with van der Waals surface area (Å²) in [4.78, 5) is 0. The predicted molar refractivity (Wildman–Crippen MR) is 46.8 cm³/mol.